The lowest BCUT2D eigenvalue weighted by Gasteiger charge is -2.13. The molecule has 2 heteroatoms. The molecular weight excluding hydrogens is 551 g/mol. The third-order valence-corrected chi connectivity index (χ3v) is 10.9. The number of aryl methyl sites for hydroxylation is 1. The summed E-state index contributed by atoms with van der Waals surface area (Å²) in [5, 5.41) is 12.0. The first-order chi connectivity index (χ1) is 21.8. The van der Waals surface area contributed by atoms with Gasteiger partial charge in [-0.05, 0) is 104 Å². The van der Waals surface area contributed by atoms with Crippen LogP contribution in [0.1, 0.15) is 16.9 Å². The highest BCUT2D eigenvalue weighted by Crippen LogP contribution is 2.44. The van der Waals surface area contributed by atoms with Crippen LogP contribution >= 0.6 is 11.3 Å². The summed E-state index contributed by atoms with van der Waals surface area (Å²) in [6.07, 6.45) is 6.91. The summed E-state index contributed by atoms with van der Waals surface area (Å²) in [5.41, 5.74) is 7.70. The van der Waals surface area contributed by atoms with Crippen LogP contribution in [0.5, 0.6) is 0 Å². The van der Waals surface area contributed by atoms with E-state index in [1.54, 1.807) is 0 Å². The molecule has 0 unspecified atom stereocenters. The van der Waals surface area contributed by atoms with Crippen molar-refractivity contribution in [3.63, 3.8) is 0 Å². The zero-order valence-electron chi connectivity index (χ0n) is 24.0. The Morgan fingerprint density at radius 3 is 1.95 bits per heavy atom. The number of hydrogen-bond acceptors (Lipinski definition) is 1. The Balaban J connectivity index is 1.21. The van der Waals surface area contributed by atoms with Crippen LogP contribution in [0, 0.1) is 0 Å². The fourth-order valence-electron chi connectivity index (χ4n) is 7.68. The van der Waals surface area contributed by atoms with Crippen molar-refractivity contribution in [2.24, 2.45) is 0 Å². The lowest BCUT2D eigenvalue weighted by molar-refractivity contribution is 1.01. The van der Waals surface area contributed by atoms with Crippen molar-refractivity contribution in [2.45, 2.75) is 12.8 Å². The number of nitrogens with zero attached hydrogens (tertiary/aromatic N) is 1. The van der Waals surface area contributed by atoms with Crippen molar-refractivity contribution < 1.29 is 0 Å². The molecule has 1 nitrogen and oxygen atoms in total. The SMILES string of the molecule is C1=Cc2sc3c(ccc4c3c3ccccc3n4-c3cccc(-c4ccc5c6ccccc6c6ccccc6c5c4)c3)c2CC1. The van der Waals surface area contributed by atoms with Crippen LogP contribution < -0.4 is 0 Å². The zero-order valence-corrected chi connectivity index (χ0v) is 24.9. The fourth-order valence-corrected chi connectivity index (χ4v) is 9.01. The van der Waals surface area contributed by atoms with Gasteiger partial charge in [0.05, 0.1) is 11.0 Å². The van der Waals surface area contributed by atoms with Gasteiger partial charge in [0, 0.05) is 26.0 Å². The van der Waals surface area contributed by atoms with E-state index in [-0.39, 0.29) is 0 Å². The molecule has 2 aromatic heterocycles. The number of allylic oxidation sites excluding steroid dienone is 1. The lowest BCUT2D eigenvalue weighted by Crippen LogP contribution is -1.94. The Kier molecular flexibility index (Phi) is 5.05. The smallest absolute Gasteiger partial charge is 0.0555 e. The third-order valence-electron chi connectivity index (χ3n) is 9.64. The highest BCUT2D eigenvalue weighted by atomic mass is 32.1. The van der Waals surface area contributed by atoms with Crippen molar-refractivity contribution in [3.8, 4) is 16.8 Å². The molecule has 0 fully saturated rings. The summed E-state index contributed by atoms with van der Waals surface area (Å²) in [6.45, 7) is 0. The van der Waals surface area contributed by atoms with E-state index in [1.807, 2.05) is 11.3 Å². The maximum absolute atomic E-state index is 2.46. The molecule has 0 aliphatic heterocycles. The average Bonchev–Trinajstić information content (AvgIpc) is 3.64. The van der Waals surface area contributed by atoms with Crippen LogP contribution in [0.2, 0.25) is 0 Å². The van der Waals surface area contributed by atoms with Gasteiger partial charge >= 0.3 is 0 Å². The van der Waals surface area contributed by atoms with E-state index in [4.69, 9.17) is 0 Å². The second-order valence-corrected chi connectivity index (χ2v) is 13.0. The standard InChI is InChI=1S/C42H27NS/c1-2-14-31-29(12-1)30-13-3-4-15-32(30)37-25-27(20-21-33(31)37)26-10-9-11-28(24-26)43-38-18-7-5-17-36(38)41-39(43)23-22-35-34-16-6-8-19-40(34)44-42(35)41/h1-5,7-15,17-25H,6,16H2. The number of benzene rings is 7. The van der Waals surface area contributed by atoms with Gasteiger partial charge in [-0.2, -0.15) is 0 Å². The average molecular weight is 578 g/mol. The summed E-state index contributed by atoms with van der Waals surface area (Å²) in [6, 6.07) is 47.3. The first-order valence-corrected chi connectivity index (χ1v) is 16.2. The van der Waals surface area contributed by atoms with Gasteiger partial charge in [0.1, 0.15) is 0 Å². The zero-order chi connectivity index (χ0) is 28.8. The van der Waals surface area contributed by atoms with Crippen LogP contribution in [-0.2, 0) is 6.42 Å². The molecule has 0 spiro atoms. The molecule has 2 heterocycles. The topological polar surface area (TPSA) is 4.93 Å². The molecule has 0 atom stereocenters. The van der Waals surface area contributed by atoms with Crippen LogP contribution in [0.15, 0.2) is 133 Å². The fraction of sp³-hybridized carbons (Fsp3) is 0.0476. The Morgan fingerprint density at radius 2 is 1.16 bits per heavy atom. The normalized spacial score (nSPS) is 13.2. The molecule has 206 valence electrons. The molecule has 0 saturated carbocycles. The van der Waals surface area contributed by atoms with E-state index < -0.39 is 0 Å². The van der Waals surface area contributed by atoms with Crippen LogP contribution in [0.25, 0.3) is 87.1 Å². The van der Waals surface area contributed by atoms with Crippen LogP contribution in [0.4, 0.5) is 0 Å². The quantitative estimate of drug-likeness (QED) is 0.180. The molecule has 0 N–H and O–H groups in total. The molecule has 1 aliphatic carbocycles. The van der Waals surface area contributed by atoms with E-state index in [1.165, 1.54) is 91.5 Å². The number of fused-ring (bicyclic) bond motifs is 13. The molecule has 44 heavy (non-hydrogen) atoms. The minimum atomic E-state index is 1.13. The third kappa shape index (κ3) is 3.35. The molecule has 0 saturated heterocycles. The van der Waals surface area contributed by atoms with Crippen molar-refractivity contribution in [3.05, 3.63) is 144 Å². The van der Waals surface area contributed by atoms with E-state index in [0.717, 1.165) is 12.8 Å². The predicted molar refractivity (Wildman–Crippen MR) is 191 cm³/mol. The lowest BCUT2D eigenvalue weighted by atomic mass is 9.92. The van der Waals surface area contributed by atoms with Gasteiger partial charge in [-0.15, -0.1) is 11.3 Å². The highest BCUT2D eigenvalue weighted by Gasteiger charge is 2.20. The van der Waals surface area contributed by atoms with Gasteiger partial charge in [-0.1, -0.05) is 103 Å². The van der Waals surface area contributed by atoms with E-state index in [9.17, 15) is 0 Å². The van der Waals surface area contributed by atoms with Crippen LogP contribution in [-0.4, -0.2) is 4.57 Å². The van der Waals surface area contributed by atoms with Gasteiger partial charge in [-0.25, -0.2) is 0 Å². The molecule has 0 radical (unpaired) electrons. The Hall–Kier alpha value is -5.18. The Labute approximate surface area is 258 Å². The number of aromatic nitrogens is 1. The van der Waals surface area contributed by atoms with Crippen molar-refractivity contribution in [1.82, 2.24) is 4.57 Å². The largest absolute Gasteiger partial charge is 0.309 e. The highest BCUT2D eigenvalue weighted by molar-refractivity contribution is 7.21. The summed E-state index contributed by atoms with van der Waals surface area (Å²) < 4.78 is 3.88. The number of rotatable bonds is 2. The molecule has 0 amide bonds. The minimum Gasteiger partial charge on any atom is -0.309 e. The second-order valence-electron chi connectivity index (χ2n) is 12.0. The molecular formula is C42H27NS. The first kappa shape index (κ1) is 24.3. The Bertz CT molecular complexity index is 2630. The first-order valence-electron chi connectivity index (χ1n) is 15.4. The van der Waals surface area contributed by atoms with Crippen LogP contribution in [0.3, 0.4) is 0 Å². The molecule has 0 bridgehead atoms. The van der Waals surface area contributed by atoms with E-state index >= 15 is 0 Å². The van der Waals surface area contributed by atoms with Crippen molar-refractivity contribution in [2.75, 3.05) is 0 Å². The Morgan fingerprint density at radius 1 is 0.500 bits per heavy atom. The predicted octanol–water partition coefficient (Wildman–Crippen LogP) is 12.1. The number of hydrogen-bond donors (Lipinski definition) is 0. The van der Waals surface area contributed by atoms with Crippen molar-refractivity contribution in [1.29, 1.82) is 0 Å². The molecule has 10 rings (SSSR count). The van der Waals surface area contributed by atoms with E-state index in [0.29, 0.717) is 0 Å². The number of para-hydroxylation sites is 1. The summed E-state index contributed by atoms with van der Waals surface area (Å²) in [4.78, 5) is 1.43. The molecule has 1 aliphatic rings. The molecule has 7 aromatic carbocycles. The molecule has 9 aromatic rings. The summed E-state index contributed by atoms with van der Waals surface area (Å²) >= 11 is 1.96. The maximum atomic E-state index is 2.46. The minimum absolute atomic E-state index is 1.13. The van der Waals surface area contributed by atoms with Gasteiger partial charge in [0.25, 0.3) is 0 Å². The summed E-state index contributed by atoms with van der Waals surface area (Å²) in [7, 11) is 0. The van der Waals surface area contributed by atoms with Crippen molar-refractivity contribution >= 4 is 81.6 Å². The van der Waals surface area contributed by atoms with Gasteiger partial charge in [0.15, 0.2) is 0 Å². The van der Waals surface area contributed by atoms with E-state index in [2.05, 4.69) is 144 Å². The monoisotopic (exact) mass is 577 g/mol. The number of thiophene rings is 1. The van der Waals surface area contributed by atoms with Gasteiger partial charge in [-0.3, -0.25) is 0 Å². The van der Waals surface area contributed by atoms with Gasteiger partial charge < -0.3 is 4.57 Å². The maximum Gasteiger partial charge on any atom is 0.0555 e. The second kappa shape index (κ2) is 9.16. The summed E-state index contributed by atoms with van der Waals surface area (Å²) in [5.74, 6) is 0. The van der Waals surface area contributed by atoms with Gasteiger partial charge in [0.2, 0.25) is 0 Å².